The van der Waals surface area contributed by atoms with Gasteiger partial charge >= 0.3 is 6.18 Å². The molecule has 8 heteroatoms. The number of aromatic nitrogens is 2. The fourth-order valence-corrected chi connectivity index (χ4v) is 4.83. The van der Waals surface area contributed by atoms with Crippen molar-refractivity contribution < 1.29 is 22.4 Å². The molecule has 1 atom stereocenters. The van der Waals surface area contributed by atoms with Crippen LogP contribution in [0.25, 0.3) is 11.5 Å². The van der Waals surface area contributed by atoms with Gasteiger partial charge in [-0.25, -0.2) is 0 Å². The molecule has 0 radical (unpaired) electrons. The number of benzene rings is 3. The van der Waals surface area contributed by atoms with Crippen LogP contribution in [-0.4, -0.2) is 34.1 Å². The zero-order chi connectivity index (χ0) is 25.8. The van der Waals surface area contributed by atoms with Crippen LogP contribution in [0.1, 0.15) is 53.7 Å². The van der Waals surface area contributed by atoms with Crippen LogP contribution in [0.15, 0.2) is 89.3 Å². The van der Waals surface area contributed by atoms with E-state index in [1.54, 1.807) is 0 Å². The molecule has 2 heterocycles. The van der Waals surface area contributed by atoms with Gasteiger partial charge in [0.2, 0.25) is 17.7 Å². The monoisotopic (exact) mass is 505 g/mol. The van der Waals surface area contributed by atoms with Crippen molar-refractivity contribution in [3.63, 3.8) is 0 Å². The van der Waals surface area contributed by atoms with Crippen LogP contribution in [0.4, 0.5) is 13.2 Å². The summed E-state index contributed by atoms with van der Waals surface area (Å²) >= 11 is 0. The third kappa shape index (κ3) is 5.74. The van der Waals surface area contributed by atoms with E-state index in [0.717, 1.165) is 36.1 Å². The van der Waals surface area contributed by atoms with Gasteiger partial charge < -0.3 is 9.32 Å². The molecular weight excluding hydrogens is 479 g/mol. The minimum Gasteiger partial charge on any atom is -0.420 e. The average molecular weight is 506 g/mol. The van der Waals surface area contributed by atoms with Crippen molar-refractivity contribution in [1.82, 2.24) is 15.1 Å². The Kier molecular flexibility index (Phi) is 7.08. The van der Waals surface area contributed by atoms with Crippen molar-refractivity contribution in [3.05, 3.63) is 108 Å². The highest BCUT2D eigenvalue weighted by atomic mass is 19.4. The van der Waals surface area contributed by atoms with Gasteiger partial charge in [0.05, 0.1) is 11.5 Å². The Morgan fingerprint density at radius 1 is 0.919 bits per heavy atom. The van der Waals surface area contributed by atoms with Gasteiger partial charge in [0.25, 0.3) is 0 Å². The first-order chi connectivity index (χ1) is 17.9. The molecule has 1 saturated heterocycles. The second kappa shape index (κ2) is 10.6. The van der Waals surface area contributed by atoms with Crippen LogP contribution in [-0.2, 0) is 11.0 Å². The summed E-state index contributed by atoms with van der Waals surface area (Å²) in [5, 5.41) is 8.21. The van der Waals surface area contributed by atoms with E-state index in [2.05, 4.69) is 10.2 Å². The van der Waals surface area contributed by atoms with E-state index in [4.69, 9.17) is 4.42 Å². The van der Waals surface area contributed by atoms with E-state index in [-0.39, 0.29) is 23.6 Å². The molecule has 1 unspecified atom stereocenters. The number of rotatable bonds is 6. The molecule has 0 bridgehead atoms. The van der Waals surface area contributed by atoms with Gasteiger partial charge in [0, 0.05) is 31.0 Å². The van der Waals surface area contributed by atoms with Crippen molar-refractivity contribution >= 4 is 5.91 Å². The number of hydrogen-bond donors (Lipinski definition) is 0. The number of carbonyl (C=O) groups is 1. The fourth-order valence-electron chi connectivity index (χ4n) is 4.83. The molecule has 1 amide bonds. The summed E-state index contributed by atoms with van der Waals surface area (Å²) in [6.07, 6.45) is -2.47. The largest absolute Gasteiger partial charge is 0.420 e. The van der Waals surface area contributed by atoms with E-state index < -0.39 is 11.7 Å². The zero-order valence-electron chi connectivity index (χ0n) is 20.1. The summed E-state index contributed by atoms with van der Waals surface area (Å²) < 4.78 is 44.4. The lowest BCUT2D eigenvalue weighted by Crippen LogP contribution is -2.39. The van der Waals surface area contributed by atoms with E-state index >= 15 is 0 Å². The van der Waals surface area contributed by atoms with Gasteiger partial charge in [-0.1, -0.05) is 60.7 Å². The average Bonchev–Trinajstić information content (AvgIpc) is 3.43. The summed E-state index contributed by atoms with van der Waals surface area (Å²) in [7, 11) is 0. The minimum atomic E-state index is -4.41. The van der Waals surface area contributed by atoms with Gasteiger partial charge in [0.1, 0.15) is 0 Å². The lowest BCUT2D eigenvalue weighted by atomic mass is 9.87. The predicted molar refractivity (Wildman–Crippen MR) is 133 cm³/mol. The SMILES string of the molecule is O=C(CC(c1ccccc1)c1ccccc1)N1CCCC(c2nnc(-c3ccc(C(F)(F)F)cc3)o2)C1. The molecule has 5 nitrogen and oxygen atoms in total. The van der Waals surface area contributed by atoms with E-state index in [1.165, 1.54) is 12.1 Å². The van der Waals surface area contributed by atoms with Crippen molar-refractivity contribution in [2.75, 3.05) is 13.1 Å². The number of alkyl halides is 3. The normalized spacial score (nSPS) is 16.2. The lowest BCUT2D eigenvalue weighted by molar-refractivity contribution is -0.137. The number of piperidine rings is 1. The first-order valence-corrected chi connectivity index (χ1v) is 12.3. The van der Waals surface area contributed by atoms with Crippen LogP contribution in [0.2, 0.25) is 0 Å². The number of halogens is 3. The molecule has 0 spiro atoms. The summed E-state index contributed by atoms with van der Waals surface area (Å²) in [4.78, 5) is 15.3. The highest BCUT2D eigenvalue weighted by Gasteiger charge is 2.32. The van der Waals surface area contributed by atoms with Crippen molar-refractivity contribution in [2.24, 2.45) is 0 Å². The van der Waals surface area contributed by atoms with Crippen LogP contribution >= 0.6 is 0 Å². The molecule has 3 aromatic carbocycles. The van der Waals surface area contributed by atoms with Crippen LogP contribution in [0, 0.1) is 0 Å². The molecule has 190 valence electrons. The van der Waals surface area contributed by atoms with Crippen LogP contribution < -0.4 is 0 Å². The van der Waals surface area contributed by atoms with Crippen LogP contribution in [0.3, 0.4) is 0 Å². The maximum atomic E-state index is 13.4. The highest BCUT2D eigenvalue weighted by molar-refractivity contribution is 5.78. The Morgan fingerprint density at radius 3 is 2.14 bits per heavy atom. The Morgan fingerprint density at radius 2 is 1.54 bits per heavy atom. The summed E-state index contributed by atoms with van der Waals surface area (Å²) in [6, 6.07) is 24.7. The Bertz CT molecular complexity index is 1280. The van der Waals surface area contributed by atoms with Crippen molar-refractivity contribution in [1.29, 1.82) is 0 Å². The summed E-state index contributed by atoms with van der Waals surface area (Å²) in [6.45, 7) is 1.12. The Labute approximate surface area is 213 Å². The quantitative estimate of drug-likeness (QED) is 0.293. The topological polar surface area (TPSA) is 59.2 Å². The highest BCUT2D eigenvalue weighted by Crippen LogP contribution is 2.33. The van der Waals surface area contributed by atoms with Gasteiger partial charge in [-0.3, -0.25) is 4.79 Å². The molecule has 0 aliphatic carbocycles. The van der Waals surface area contributed by atoms with Gasteiger partial charge in [0.15, 0.2) is 0 Å². The van der Waals surface area contributed by atoms with Gasteiger partial charge in [-0.2, -0.15) is 13.2 Å². The molecule has 5 rings (SSSR count). The maximum absolute atomic E-state index is 13.4. The number of likely N-dealkylation sites (tertiary alicyclic amines) is 1. The number of amides is 1. The molecular formula is C29H26F3N3O2. The Balaban J connectivity index is 1.29. The third-order valence-electron chi connectivity index (χ3n) is 6.81. The molecule has 37 heavy (non-hydrogen) atoms. The van der Waals surface area contributed by atoms with Crippen molar-refractivity contribution in [3.8, 4) is 11.5 Å². The molecule has 1 fully saturated rings. The van der Waals surface area contributed by atoms with Crippen LogP contribution in [0.5, 0.6) is 0 Å². The molecule has 1 aromatic heterocycles. The third-order valence-corrected chi connectivity index (χ3v) is 6.81. The van der Waals surface area contributed by atoms with Gasteiger partial charge in [-0.05, 0) is 48.2 Å². The number of carbonyl (C=O) groups excluding carboxylic acids is 1. The molecule has 0 saturated carbocycles. The van der Waals surface area contributed by atoms with Crippen molar-refractivity contribution in [2.45, 2.75) is 37.3 Å². The second-order valence-corrected chi connectivity index (χ2v) is 9.28. The van der Waals surface area contributed by atoms with Gasteiger partial charge in [-0.15, -0.1) is 10.2 Å². The molecule has 4 aromatic rings. The molecule has 1 aliphatic heterocycles. The number of hydrogen-bond acceptors (Lipinski definition) is 4. The zero-order valence-corrected chi connectivity index (χ0v) is 20.1. The summed E-state index contributed by atoms with van der Waals surface area (Å²) in [5.41, 5.74) is 1.87. The Hall–Kier alpha value is -3.94. The minimum absolute atomic E-state index is 0.0510. The smallest absolute Gasteiger partial charge is 0.416 e. The maximum Gasteiger partial charge on any atom is 0.416 e. The van der Waals surface area contributed by atoms with E-state index in [0.29, 0.717) is 31.0 Å². The standard InChI is InChI=1S/C29H26F3N3O2/c30-29(31,32)24-15-13-22(14-16-24)27-33-34-28(37-27)23-12-7-17-35(19-23)26(36)18-25(20-8-3-1-4-9-20)21-10-5-2-6-11-21/h1-6,8-11,13-16,23,25H,7,12,17-19H2. The first-order valence-electron chi connectivity index (χ1n) is 12.3. The fraction of sp³-hybridized carbons (Fsp3) is 0.276. The second-order valence-electron chi connectivity index (χ2n) is 9.28. The van der Waals surface area contributed by atoms with E-state index in [1.807, 2.05) is 65.6 Å². The lowest BCUT2D eigenvalue weighted by Gasteiger charge is -2.32. The number of nitrogens with zero attached hydrogens (tertiary/aromatic N) is 3. The van der Waals surface area contributed by atoms with E-state index in [9.17, 15) is 18.0 Å². The summed E-state index contributed by atoms with van der Waals surface area (Å²) in [5.74, 6) is 0.450. The predicted octanol–water partition coefficient (Wildman–Crippen LogP) is 6.68. The first kappa shape index (κ1) is 24.7. The molecule has 1 aliphatic rings. The molecule has 0 N–H and O–H groups in total.